The van der Waals surface area contributed by atoms with E-state index < -0.39 is 0 Å². The molecule has 0 saturated carbocycles. The highest BCUT2D eigenvalue weighted by molar-refractivity contribution is 8.00. The van der Waals surface area contributed by atoms with Crippen LogP contribution < -0.4 is 14.2 Å². The van der Waals surface area contributed by atoms with Crippen molar-refractivity contribution in [1.82, 2.24) is 4.90 Å². The van der Waals surface area contributed by atoms with Gasteiger partial charge in [-0.25, -0.2) is 0 Å². The van der Waals surface area contributed by atoms with Crippen molar-refractivity contribution < 1.29 is 14.6 Å². The number of methoxy groups -OCH3 is 2. The van der Waals surface area contributed by atoms with Gasteiger partial charge in [0.2, 0.25) is 0 Å². The molecule has 1 aliphatic rings. The average molecular weight is 411 g/mol. The van der Waals surface area contributed by atoms with Crippen LogP contribution in [0.25, 0.3) is 0 Å². The Bertz CT molecular complexity index is 724. The summed E-state index contributed by atoms with van der Waals surface area (Å²) in [6.07, 6.45) is 2.85. The Kier molecular flexibility index (Phi) is 8.91. The van der Waals surface area contributed by atoms with Gasteiger partial charge in [0.1, 0.15) is 5.75 Å². The first-order valence-corrected chi connectivity index (χ1v) is 10.1. The summed E-state index contributed by atoms with van der Waals surface area (Å²) < 4.78 is 13.5. The van der Waals surface area contributed by atoms with E-state index in [9.17, 15) is 5.11 Å². The van der Waals surface area contributed by atoms with Gasteiger partial charge in [0, 0.05) is 16.6 Å². The topological polar surface area (TPSA) is 54.0 Å². The zero-order valence-corrected chi connectivity index (χ0v) is 17.6. The highest BCUT2D eigenvalue weighted by atomic mass is 35.5. The third-order valence-corrected chi connectivity index (χ3v) is 5.38. The van der Waals surface area contributed by atoms with E-state index in [0.29, 0.717) is 16.5 Å². The van der Waals surface area contributed by atoms with Crippen LogP contribution in [0.2, 0.25) is 5.02 Å². The Morgan fingerprint density at radius 3 is 2.33 bits per heavy atom. The number of ether oxygens (including phenoxy) is 2. The summed E-state index contributed by atoms with van der Waals surface area (Å²) in [7, 11) is 3.19. The maximum Gasteiger partial charge on any atom is 0.161 e. The molecule has 5 nitrogen and oxygen atoms in total. The van der Waals surface area contributed by atoms with E-state index in [4.69, 9.17) is 21.1 Å². The number of likely N-dealkylation sites (tertiary alicyclic amines) is 1. The van der Waals surface area contributed by atoms with Gasteiger partial charge in [0.25, 0.3) is 0 Å². The van der Waals surface area contributed by atoms with Crippen molar-refractivity contribution in [2.45, 2.75) is 24.7 Å². The van der Waals surface area contributed by atoms with Crippen molar-refractivity contribution in [3.05, 3.63) is 41.4 Å². The lowest BCUT2D eigenvalue weighted by atomic mass is 10.3. The summed E-state index contributed by atoms with van der Waals surface area (Å²) in [6, 6.07) is 10.6. The quantitative estimate of drug-likeness (QED) is 0.631. The van der Waals surface area contributed by atoms with Crippen LogP contribution in [0.1, 0.15) is 19.8 Å². The lowest BCUT2D eigenvalue weighted by molar-refractivity contribution is 0.354. The Hall–Kier alpha value is -1.76. The van der Waals surface area contributed by atoms with Gasteiger partial charge in [-0.1, -0.05) is 18.5 Å². The minimum Gasteiger partial charge on any atom is -0.506 e. The summed E-state index contributed by atoms with van der Waals surface area (Å²) >= 11 is 7.15. The van der Waals surface area contributed by atoms with Crippen molar-refractivity contribution in [2.24, 2.45) is 0 Å². The fourth-order valence-electron chi connectivity index (χ4n) is 2.67. The zero-order valence-electron chi connectivity index (χ0n) is 16.0. The van der Waals surface area contributed by atoms with Crippen LogP contribution in [-0.2, 0) is 0 Å². The molecule has 1 saturated heterocycles. The molecule has 0 atom stereocenters. The first kappa shape index (κ1) is 21.5. The number of phenolic OH excluding ortho intramolecular Hbond substituents is 1. The molecular formula is C20H27ClN2O3S. The molecule has 0 amide bonds. The molecule has 3 rings (SSSR count). The fourth-order valence-corrected chi connectivity index (χ4v) is 3.46. The third kappa shape index (κ3) is 6.72. The van der Waals surface area contributed by atoms with E-state index in [1.54, 1.807) is 32.4 Å². The number of hydrogen-bond acceptors (Lipinski definition) is 6. The van der Waals surface area contributed by atoms with E-state index in [0.717, 1.165) is 10.6 Å². The standard InChI is InChI=1S/C14H14ClNO3S.C6H13N/c1-18-13-6-4-10(8-14(13)19-2)20-16-9-3-5-11(15)12(17)7-9;1-2-7-5-3-4-6-7/h3-8,16-17H,1-2H3;2-6H2,1H3. The van der Waals surface area contributed by atoms with Crippen LogP contribution in [0.3, 0.4) is 0 Å². The van der Waals surface area contributed by atoms with E-state index in [2.05, 4.69) is 16.5 Å². The van der Waals surface area contributed by atoms with Gasteiger partial charge in [-0.3, -0.25) is 0 Å². The molecule has 0 radical (unpaired) electrons. The maximum absolute atomic E-state index is 9.53. The highest BCUT2D eigenvalue weighted by Gasteiger charge is 2.07. The van der Waals surface area contributed by atoms with E-state index >= 15 is 0 Å². The second-order valence-corrected chi connectivity index (χ2v) is 7.32. The summed E-state index contributed by atoms with van der Waals surface area (Å²) in [5.41, 5.74) is 0.756. The SMILES string of the molecule is CCN1CCCC1.COc1ccc(SNc2ccc(Cl)c(O)c2)cc1OC. The first-order chi connectivity index (χ1) is 13.1. The maximum atomic E-state index is 9.53. The normalized spacial score (nSPS) is 13.6. The van der Waals surface area contributed by atoms with Gasteiger partial charge in [-0.2, -0.15) is 0 Å². The smallest absolute Gasteiger partial charge is 0.161 e. The molecule has 0 spiro atoms. The van der Waals surface area contributed by atoms with E-state index in [1.807, 2.05) is 18.2 Å². The predicted molar refractivity (Wildman–Crippen MR) is 113 cm³/mol. The number of anilines is 1. The van der Waals surface area contributed by atoms with Crippen molar-refractivity contribution in [1.29, 1.82) is 0 Å². The van der Waals surface area contributed by atoms with Crippen LogP contribution in [0.4, 0.5) is 5.69 Å². The molecule has 7 heteroatoms. The Labute approximate surface area is 170 Å². The summed E-state index contributed by atoms with van der Waals surface area (Å²) in [6.45, 7) is 6.16. The minimum atomic E-state index is 0.0459. The molecule has 1 heterocycles. The van der Waals surface area contributed by atoms with Gasteiger partial charge in [-0.15, -0.1) is 0 Å². The average Bonchev–Trinajstić information content (AvgIpc) is 3.23. The lowest BCUT2D eigenvalue weighted by Crippen LogP contribution is -2.17. The van der Waals surface area contributed by atoms with E-state index in [1.165, 1.54) is 44.4 Å². The molecule has 2 aromatic carbocycles. The van der Waals surface area contributed by atoms with Crippen molar-refractivity contribution >= 4 is 29.2 Å². The minimum absolute atomic E-state index is 0.0459. The number of nitrogens with zero attached hydrogens (tertiary/aromatic N) is 1. The Morgan fingerprint density at radius 2 is 1.78 bits per heavy atom. The molecular weight excluding hydrogens is 384 g/mol. The number of benzene rings is 2. The number of halogens is 1. The number of aromatic hydroxyl groups is 1. The molecule has 2 N–H and O–H groups in total. The second-order valence-electron chi connectivity index (χ2n) is 6.03. The monoisotopic (exact) mass is 410 g/mol. The summed E-state index contributed by atoms with van der Waals surface area (Å²) in [4.78, 5) is 3.44. The Balaban J connectivity index is 0.000000313. The van der Waals surface area contributed by atoms with Crippen molar-refractivity contribution in [3.63, 3.8) is 0 Å². The molecule has 27 heavy (non-hydrogen) atoms. The van der Waals surface area contributed by atoms with Gasteiger partial charge in [0.15, 0.2) is 11.5 Å². The van der Waals surface area contributed by atoms with Gasteiger partial charge < -0.3 is 24.2 Å². The Morgan fingerprint density at radius 1 is 1.07 bits per heavy atom. The van der Waals surface area contributed by atoms with Gasteiger partial charge in [0.05, 0.1) is 19.2 Å². The molecule has 0 unspecified atom stereocenters. The van der Waals surface area contributed by atoms with Crippen LogP contribution >= 0.6 is 23.5 Å². The van der Waals surface area contributed by atoms with Crippen LogP contribution in [0, 0.1) is 0 Å². The van der Waals surface area contributed by atoms with Crippen molar-refractivity contribution in [3.8, 4) is 17.2 Å². The van der Waals surface area contributed by atoms with Crippen LogP contribution in [0.15, 0.2) is 41.3 Å². The zero-order chi connectivity index (χ0) is 19.6. The highest BCUT2D eigenvalue weighted by Crippen LogP contribution is 2.33. The number of rotatable bonds is 6. The summed E-state index contributed by atoms with van der Waals surface area (Å²) in [5, 5.41) is 9.86. The largest absolute Gasteiger partial charge is 0.506 e. The summed E-state index contributed by atoms with van der Waals surface area (Å²) in [5.74, 6) is 1.39. The molecule has 0 aliphatic carbocycles. The first-order valence-electron chi connectivity index (χ1n) is 8.93. The predicted octanol–water partition coefficient (Wildman–Crippen LogP) is 5.28. The molecule has 1 fully saturated rings. The molecule has 1 aliphatic heterocycles. The molecule has 0 aromatic heterocycles. The fraction of sp³-hybridized carbons (Fsp3) is 0.400. The number of nitrogens with one attached hydrogen (secondary N) is 1. The van der Waals surface area contributed by atoms with E-state index in [-0.39, 0.29) is 5.75 Å². The van der Waals surface area contributed by atoms with Crippen molar-refractivity contribution in [2.75, 3.05) is 38.6 Å². The number of hydrogen-bond donors (Lipinski definition) is 2. The molecule has 2 aromatic rings. The number of phenols is 1. The van der Waals surface area contributed by atoms with Crippen LogP contribution in [-0.4, -0.2) is 43.9 Å². The molecule has 0 bridgehead atoms. The molecule has 148 valence electrons. The third-order valence-electron chi connectivity index (χ3n) is 4.23. The second kappa shape index (κ2) is 11.2. The van der Waals surface area contributed by atoms with Gasteiger partial charge in [-0.05, 0) is 74.8 Å². The van der Waals surface area contributed by atoms with Crippen LogP contribution in [0.5, 0.6) is 17.2 Å². The van der Waals surface area contributed by atoms with Gasteiger partial charge >= 0.3 is 0 Å². The lowest BCUT2D eigenvalue weighted by Gasteiger charge is -2.10.